The number of carboxylic acids is 1. The molecular formula is C7H11N3O2. The predicted molar refractivity (Wildman–Crippen MR) is 43.7 cm³/mol. The lowest BCUT2D eigenvalue weighted by Gasteiger charge is -2.04. The topological polar surface area (TPSA) is 81.1 Å². The van der Waals surface area contributed by atoms with Crippen molar-refractivity contribution < 1.29 is 9.90 Å². The maximum absolute atomic E-state index is 10.5. The SMILES string of the molecule is Cc1nn(C(C)C(=O)O)cc1N. The molecule has 0 aromatic carbocycles. The Hall–Kier alpha value is -1.52. The molecule has 0 bridgehead atoms. The zero-order valence-corrected chi connectivity index (χ0v) is 6.98. The lowest BCUT2D eigenvalue weighted by molar-refractivity contribution is -0.140. The van der Waals surface area contributed by atoms with Crippen LogP contribution >= 0.6 is 0 Å². The highest BCUT2D eigenvalue weighted by molar-refractivity contribution is 5.71. The van der Waals surface area contributed by atoms with E-state index in [0.29, 0.717) is 11.4 Å². The van der Waals surface area contributed by atoms with E-state index < -0.39 is 12.0 Å². The number of rotatable bonds is 2. The Bertz CT molecular complexity index is 286. The first-order chi connectivity index (χ1) is 5.52. The highest BCUT2D eigenvalue weighted by Crippen LogP contribution is 2.11. The van der Waals surface area contributed by atoms with Crippen LogP contribution in [0.2, 0.25) is 0 Å². The minimum atomic E-state index is -0.919. The first-order valence-corrected chi connectivity index (χ1v) is 3.56. The number of nitrogens with zero attached hydrogens (tertiary/aromatic N) is 2. The molecule has 0 saturated heterocycles. The summed E-state index contributed by atoms with van der Waals surface area (Å²) >= 11 is 0. The van der Waals surface area contributed by atoms with Crippen molar-refractivity contribution in [1.82, 2.24) is 9.78 Å². The fraction of sp³-hybridized carbons (Fsp3) is 0.429. The minimum absolute atomic E-state index is 0.517. The van der Waals surface area contributed by atoms with Crippen LogP contribution in [-0.4, -0.2) is 20.9 Å². The van der Waals surface area contributed by atoms with E-state index in [-0.39, 0.29) is 0 Å². The summed E-state index contributed by atoms with van der Waals surface area (Å²) in [4.78, 5) is 10.5. The Kier molecular flexibility index (Phi) is 2.03. The van der Waals surface area contributed by atoms with Gasteiger partial charge in [-0.05, 0) is 13.8 Å². The van der Waals surface area contributed by atoms with Crippen LogP contribution < -0.4 is 5.73 Å². The molecule has 0 spiro atoms. The van der Waals surface area contributed by atoms with Crippen molar-refractivity contribution in [1.29, 1.82) is 0 Å². The number of aryl methyl sites for hydroxylation is 1. The molecule has 0 saturated carbocycles. The summed E-state index contributed by atoms with van der Waals surface area (Å²) < 4.78 is 1.34. The molecule has 1 aromatic rings. The molecule has 12 heavy (non-hydrogen) atoms. The molecule has 5 nitrogen and oxygen atoms in total. The van der Waals surface area contributed by atoms with Gasteiger partial charge in [0.1, 0.15) is 6.04 Å². The number of aromatic nitrogens is 2. The largest absolute Gasteiger partial charge is 0.480 e. The number of hydrogen-bond acceptors (Lipinski definition) is 3. The van der Waals surface area contributed by atoms with Crippen molar-refractivity contribution in [2.45, 2.75) is 19.9 Å². The number of carboxylic acid groups (broad SMARTS) is 1. The molecule has 0 amide bonds. The first-order valence-electron chi connectivity index (χ1n) is 3.56. The van der Waals surface area contributed by atoms with Crippen LogP contribution in [0.15, 0.2) is 6.20 Å². The molecule has 1 aromatic heterocycles. The molecule has 3 N–H and O–H groups in total. The van der Waals surface area contributed by atoms with Crippen molar-refractivity contribution in [3.63, 3.8) is 0 Å². The number of hydrogen-bond donors (Lipinski definition) is 2. The summed E-state index contributed by atoms with van der Waals surface area (Å²) in [6.45, 7) is 3.29. The van der Waals surface area contributed by atoms with E-state index in [2.05, 4.69) is 5.10 Å². The molecule has 1 atom stereocenters. The van der Waals surface area contributed by atoms with Crippen LogP contribution in [0.3, 0.4) is 0 Å². The molecule has 5 heteroatoms. The zero-order valence-electron chi connectivity index (χ0n) is 6.98. The van der Waals surface area contributed by atoms with Crippen molar-refractivity contribution in [2.24, 2.45) is 0 Å². The zero-order chi connectivity index (χ0) is 9.30. The van der Waals surface area contributed by atoms with Gasteiger partial charge in [-0.2, -0.15) is 5.10 Å². The summed E-state index contributed by atoms with van der Waals surface area (Å²) in [7, 11) is 0. The van der Waals surface area contributed by atoms with E-state index in [4.69, 9.17) is 10.8 Å². The van der Waals surface area contributed by atoms with Crippen LogP contribution in [0.1, 0.15) is 18.7 Å². The highest BCUT2D eigenvalue weighted by atomic mass is 16.4. The van der Waals surface area contributed by atoms with Gasteiger partial charge < -0.3 is 10.8 Å². The minimum Gasteiger partial charge on any atom is -0.480 e. The fourth-order valence-corrected chi connectivity index (χ4v) is 0.807. The second-order valence-electron chi connectivity index (χ2n) is 2.66. The lowest BCUT2D eigenvalue weighted by atomic mass is 10.3. The Balaban J connectivity index is 2.96. The van der Waals surface area contributed by atoms with E-state index in [9.17, 15) is 4.79 Å². The van der Waals surface area contributed by atoms with E-state index in [1.165, 1.54) is 10.9 Å². The third-order valence-electron chi connectivity index (χ3n) is 1.71. The molecule has 0 fully saturated rings. The standard InChI is InChI=1S/C7H11N3O2/c1-4-6(8)3-10(9-4)5(2)7(11)12/h3,5H,8H2,1-2H3,(H,11,12). The quantitative estimate of drug-likeness (QED) is 0.672. The summed E-state index contributed by atoms with van der Waals surface area (Å²) in [5.74, 6) is -0.919. The normalized spacial score (nSPS) is 12.8. The average molecular weight is 169 g/mol. The van der Waals surface area contributed by atoms with Gasteiger partial charge in [-0.15, -0.1) is 0 Å². The summed E-state index contributed by atoms with van der Waals surface area (Å²) in [5, 5.41) is 12.6. The van der Waals surface area contributed by atoms with Crippen molar-refractivity contribution in [3.05, 3.63) is 11.9 Å². The molecule has 0 aliphatic heterocycles. The Labute approximate surface area is 69.8 Å². The predicted octanol–water partition coefficient (Wildman–Crippen LogP) is 0.419. The average Bonchev–Trinajstić information content (AvgIpc) is 2.30. The van der Waals surface area contributed by atoms with Crippen molar-refractivity contribution >= 4 is 11.7 Å². The second kappa shape index (κ2) is 2.84. The van der Waals surface area contributed by atoms with E-state index in [0.717, 1.165) is 0 Å². The molecule has 66 valence electrons. The summed E-state index contributed by atoms with van der Waals surface area (Å²) in [5.41, 5.74) is 6.67. The molecule has 1 rings (SSSR count). The molecule has 1 unspecified atom stereocenters. The number of nitrogen functional groups attached to an aromatic ring is 1. The van der Waals surface area contributed by atoms with Gasteiger partial charge >= 0.3 is 5.97 Å². The Morgan fingerprint density at radius 3 is 2.75 bits per heavy atom. The van der Waals surface area contributed by atoms with Gasteiger partial charge in [0.15, 0.2) is 0 Å². The van der Waals surface area contributed by atoms with Crippen molar-refractivity contribution in [2.75, 3.05) is 5.73 Å². The Morgan fingerprint density at radius 1 is 1.83 bits per heavy atom. The van der Waals surface area contributed by atoms with Gasteiger partial charge in [0.05, 0.1) is 11.4 Å². The van der Waals surface area contributed by atoms with Crippen LogP contribution in [0.4, 0.5) is 5.69 Å². The molecule has 1 heterocycles. The number of carbonyl (C=O) groups is 1. The van der Waals surface area contributed by atoms with Gasteiger partial charge in [0, 0.05) is 6.20 Å². The molecule has 0 radical (unpaired) electrons. The maximum Gasteiger partial charge on any atom is 0.328 e. The van der Waals surface area contributed by atoms with Gasteiger partial charge in [-0.1, -0.05) is 0 Å². The van der Waals surface area contributed by atoms with Crippen molar-refractivity contribution in [3.8, 4) is 0 Å². The van der Waals surface area contributed by atoms with E-state index >= 15 is 0 Å². The summed E-state index contributed by atoms with van der Waals surface area (Å²) in [6.07, 6.45) is 1.52. The van der Waals surface area contributed by atoms with Gasteiger partial charge in [-0.25, -0.2) is 4.79 Å². The van der Waals surface area contributed by atoms with E-state index in [1.807, 2.05) is 0 Å². The van der Waals surface area contributed by atoms with Crippen LogP contribution in [0, 0.1) is 6.92 Å². The highest BCUT2D eigenvalue weighted by Gasteiger charge is 2.14. The van der Waals surface area contributed by atoms with Crippen LogP contribution in [-0.2, 0) is 4.79 Å². The third kappa shape index (κ3) is 1.39. The van der Waals surface area contributed by atoms with Gasteiger partial charge in [0.2, 0.25) is 0 Å². The van der Waals surface area contributed by atoms with E-state index in [1.54, 1.807) is 13.8 Å². The fourth-order valence-electron chi connectivity index (χ4n) is 0.807. The van der Waals surface area contributed by atoms with Gasteiger partial charge in [-0.3, -0.25) is 4.68 Å². The Morgan fingerprint density at radius 2 is 2.42 bits per heavy atom. The molecule has 0 aliphatic rings. The monoisotopic (exact) mass is 169 g/mol. The number of anilines is 1. The van der Waals surface area contributed by atoms with Crippen LogP contribution in [0.5, 0.6) is 0 Å². The number of aliphatic carboxylic acids is 1. The summed E-state index contributed by atoms with van der Waals surface area (Å²) in [6, 6.07) is -0.666. The van der Waals surface area contributed by atoms with Gasteiger partial charge in [0.25, 0.3) is 0 Å². The number of nitrogens with two attached hydrogens (primary N) is 1. The second-order valence-corrected chi connectivity index (χ2v) is 2.66. The van der Waals surface area contributed by atoms with Crippen LogP contribution in [0.25, 0.3) is 0 Å². The maximum atomic E-state index is 10.5. The third-order valence-corrected chi connectivity index (χ3v) is 1.71. The molecular weight excluding hydrogens is 158 g/mol. The first kappa shape index (κ1) is 8.58. The molecule has 0 aliphatic carbocycles. The lowest BCUT2D eigenvalue weighted by Crippen LogP contribution is -2.15. The smallest absolute Gasteiger partial charge is 0.328 e.